The second-order valence-corrected chi connectivity index (χ2v) is 1.77. The molecule has 1 amide bonds. The molecule has 0 atom stereocenters. The van der Waals surface area contributed by atoms with Crippen molar-refractivity contribution in [3.8, 4) is 0 Å². The first-order valence-electron chi connectivity index (χ1n) is 3.10. The van der Waals surface area contributed by atoms with Crippen LogP contribution in [0.1, 0.15) is 19.8 Å². The van der Waals surface area contributed by atoms with Gasteiger partial charge in [0.05, 0.1) is 13.0 Å². The number of carbonyl (C=O) groups excluding carboxylic acids is 2. The van der Waals surface area contributed by atoms with Gasteiger partial charge in [-0.2, -0.15) is 0 Å². The third-order valence-corrected chi connectivity index (χ3v) is 0.881. The third kappa shape index (κ3) is 5.08. The van der Waals surface area contributed by atoms with Crippen molar-refractivity contribution in [2.24, 2.45) is 5.73 Å². The van der Waals surface area contributed by atoms with Crippen LogP contribution in [-0.2, 0) is 14.3 Å². The summed E-state index contributed by atoms with van der Waals surface area (Å²) in [5.74, 6) is -0.852. The summed E-state index contributed by atoms with van der Waals surface area (Å²) in [6.45, 7) is 2.06. The van der Waals surface area contributed by atoms with Crippen LogP contribution in [0.2, 0.25) is 0 Å². The van der Waals surface area contributed by atoms with Gasteiger partial charge in [0.1, 0.15) is 0 Å². The Morgan fingerprint density at radius 2 is 2.00 bits per heavy atom. The van der Waals surface area contributed by atoms with E-state index in [2.05, 4.69) is 4.74 Å². The van der Waals surface area contributed by atoms with E-state index in [4.69, 9.17) is 5.73 Å². The van der Waals surface area contributed by atoms with Gasteiger partial charge in [-0.1, -0.05) is 0 Å². The van der Waals surface area contributed by atoms with Crippen LogP contribution in [0.15, 0.2) is 0 Å². The number of nitrogens with two attached hydrogens (primary N) is 1. The molecule has 0 bridgehead atoms. The van der Waals surface area contributed by atoms with Crippen LogP contribution < -0.4 is 5.73 Å². The van der Waals surface area contributed by atoms with Gasteiger partial charge in [0.25, 0.3) is 0 Å². The molecular weight excluding hydrogens is 134 g/mol. The average molecular weight is 145 g/mol. The van der Waals surface area contributed by atoms with E-state index in [1.807, 2.05) is 0 Å². The lowest BCUT2D eigenvalue weighted by molar-refractivity contribution is -0.144. The molecule has 0 fully saturated rings. The predicted octanol–water partition coefficient (Wildman–Crippen LogP) is -0.185. The predicted molar refractivity (Wildman–Crippen MR) is 35.1 cm³/mol. The van der Waals surface area contributed by atoms with Crippen LogP contribution in [0, 0.1) is 0 Å². The highest BCUT2D eigenvalue weighted by atomic mass is 16.5. The van der Waals surface area contributed by atoms with Gasteiger partial charge >= 0.3 is 5.97 Å². The molecule has 0 unspecified atom stereocenters. The van der Waals surface area contributed by atoms with Gasteiger partial charge in [-0.15, -0.1) is 0 Å². The second kappa shape index (κ2) is 4.78. The summed E-state index contributed by atoms with van der Waals surface area (Å²) in [4.78, 5) is 20.6. The van der Waals surface area contributed by atoms with Crippen LogP contribution in [0.3, 0.4) is 0 Å². The van der Waals surface area contributed by atoms with Crippen molar-refractivity contribution < 1.29 is 14.3 Å². The number of amides is 1. The topological polar surface area (TPSA) is 69.4 Å². The number of hydrogen-bond acceptors (Lipinski definition) is 3. The number of ether oxygens (including phenoxy) is 1. The summed E-state index contributed by atoms with van der Waals surface area (Å²) >= 11 is 0. The molecule has 0 aromatic carbocycles. The molecule has 0 saturated heterocycles. The molecule has 0 aromatic heterocycles. The van der Waals surface area contributed by atoms with Gasteiger partial charge in [0.2, 0.25) is 5.91 Å². The van der Waals surface area contributed by atoms with E-state index in [1.165, 1.54) is 0 Å². The van der Waals surface area contributed by atoms with Crippen LogP contribution in [-0.4, -0.2) is 18.5 Å². The van der Waals surface area contributed by atoms with Gasteiger partial charge in [0, 0.05) is 6.42 Å². The van der Waals surface area contributed by atoms with Gasteiger partial charge < -0.3 is 10.5 Å². The molecule has 0 heterocycles. The van der Waals surface area contributed by atoms with Crippen LogP contribution in [0.5, 0.6) is 0 Å². The molecule has 0 aliphatic rings. The fourth-order valence-electron chi connectivity index (χ4n) is 0.458. The Bertz CT molecular complexity index is 133. The Hall–Kier alpha value is -1.06. The maximum Gasteiger partial charge on any atom is 0.306 e. The van der Waals surface area contributed by atoms with Gasteiger partial charge in [-0.3, -0.25) is 9.59 Å². The van der Waals surface area contributed by atoms with E-state index >= 15 is 0 Å². The van der Waals surface area contributed by atoms with Crippen LogP contribution in [0.4, 0.5) is 0 Å². The summed E-state index contributed by atoms with van der Waals surface area (Å²) in [5, 5.41) is 0. The normalized spacial score (nSPS) is 8.90. The smallest absolute Gasteiger partial charge is 0.306 e. The minimum atomic E-state index is -0.479. The van der Waals surface area contributed by atoms with Crippen molar-refractivity contribution in [1.29, 1.82) is 0 Å². The molecule has 0 aliphatic carbocycles. The Morgan fingerprint density at radius 3 is 2.40 bits per heavy atom. The molecule has 4 heteroatoms. The Balaban J connectivity index is 3.30. The third-order valence-electron chi connectivity index (χ3n) is 0.881. The van der Waals surface area contributed by atoms with Gasteiger partial charge in [-0.25, -0.2) is 0 Å². The monoisotopic (exact) mass is 145 g/mol. The maximum absolute atomic E-state index is 10.5. The highest BCUT2D eigenvalue weighted by molar-refractivity contribution is 5.79. The van der Waals surface area contributed by atoms with Gasteiger partial charge in [-0.05, 0) is 6.92 Å². The summed E-state index contributed by atoms with van der Waals surface area (Å²) < 4.78 is 4.55. The summed E-state index contributed by atoms with van der Waals surface area (Å²) in [6, 6.07) is 0. The lowest BCUT2D eigenvalue weighted by Crippen LogP contribution is -2.13. The molecule has 0 spiro atoms. The molecule has 4 nitrogen and oxygen atoms in total. The fourth-order valence-corrected chi connectivity index (χ4v) is 0.458. The summed E-state index contributed by atoms with van der Waals surface area (Å²) in [7, 11) is 0. The maximum atomic E-state index is 10.5. The fraction of sp³-hybridized carbons (Fsp3) is 0.667. The first kappa shape index (κ1) is 8.94. The van der Waals surface area contributed by atoms with Crippen molar-refractivity contribution in [3.05, 3.63) is 0 Å². The average Bonchev–Trinajstić information content (AvgIpc) is 1.85. The standard InChI is InChI=1S/C6H11NO3/c1-2-10-6(9)4-3-5(7)8/h2-4H2,1H3,(H2,7,8). The number of rotatable bonds is 4. The Kier molecular flexibility index (Phi) is 4.28. The largest absolute Gasteiger partial charge is 0.466 e. The zero-order valence-corrected chi connectivity index (χ0v) is 5.92. The SMILES string of the molecule is CCOC(=O)CCC(N)=O. The minimum Gasteiger partial charge on any atom is -0.466 e. The second-order valence-electron chi connectivity index (χ2n) is 1.77. The Labute approximate surface area is 59.3 Å². The zero-order chi connectivity index (χ0) is 7.98. The van der Waals surface area contributed by atoms with Crippen molar-refractivity contribution >= 4 is 11.9 Å². The van der Waals surface area contributed by atoms with E-state index in [0.29, 0.717) is 6.61 Å². The highest BCUT2D eigenvalue weighted by Gasteiger charge is 2.02. The number of primary amides is 1. The molecule has 10 heavy (non-hydrogen) atoms. The van der Waals surface area contributed by atoms with Crippen LogP contribution in [0.25, 0.3) is 0 Å². The molecule has 0 aromatic rings. The lowest BCUT2D eigenvalue weighted by atomic mass is 10.3. The van der Waals surface area contributed by atoms with Crippen molar-refractivity contribution in [1.82, 2.24) is 0 Å². The molecule has 58 valence electrons. The van der Waals surface area contributed by atoms with E-state index in [0.717, 1.165) is 0 Å². The van der Waals surface area contributed by atoms with E-state index < -0.39 is 5.91 Å². The first-order chi connectivity index (χ1) is 4.66. The molecular formula is C6H11NO3. The molecule has 0 rings (SSSR count). The molecule has 0 aliphatic heterocycles. The number of hydrogen-bond donors (Lipinski definition) is 1. The summed E-state index contributed by atoms with van der Waals surface area (Å²) in [5.41, 5.74) is 4.79. The van der Waals surface area contributed by atoms with E-state index in [1.54, 1.807) is 6.92 Å². The highest BCUT2D eigenvalue weighted by Crippen LogP contribution is 1.90. The molecule has 0 saturated carbocycles. The number of esters is 1. The van der Waals surface area contributed by atoms with Crippen molar-refractivity contribution in [2.75, 3.05) is 6.61 Å². The Morgan fingerprint density at radius 1 is 1.40 bits per heavy atom. The quantitative estimate of drug-likeness (QED) is 0.557. The molecule has 0 radical (unpaired) electrons. The van der Waals surface area contributed by atoms with E-state index in [-0.39, 0.29) is 18.8 Å². The number of carbonyl (C=O) groups is 2. The minimum absolute atomic E-state index is 0.0683. The first-order valence-corrected chi connectivity index (χ1v) is 3.10. The van der Waals surface area contributed by atoms with Crippen LogP contribution >= 0.6 is 0 Å². The van der Waals surface area contributed by atoms with Gasteiger partial charge in [0.15, 0.2) is 0 Å². The lowest BCUT2D eigenvalue weighted by Gasteiger charge is -1.97. The van der Waals surface area contributed by atoms with E-state index in [9.17, 15) is 9.59 Å². The summed E-state index contributed by atoms with van der Waals surface area (Å²) in [6.07, 6.45) is 0.155. The zero-order valence-electron chi connectivity index (χ0n) is 5.92. The molecule has 2 N–H and O–H groups in total. The van der Waals surface area contributed by atoms with Crippen molar-refractivity contribution in [2.45, 2.75) is 19.8 Å². The van der Waals surface area contributed by atoms with Crippen molar-refractivity contribution in [3.63, 3.8) is 0 Å².